The standard InChI is InChI=1S/C12H19NO2/c1-3-14-12(15-4-2)11-8-6-5-7-10(11)9-13/h5-8,12H,3-4,9,13H2,1-2H3. The predicted octanol–water partition coefficient (Wildman–Crippen LogP) is 2.22. The van der Waals surface area contributed by atoms with Gasteiger partial charge in [-0.15, -0.1) is 0 Å². The number of ether oxygens (including phenoxy) is 2. The second-order valence-corrected chi connectivity index (χ2v) is 3.15. The second-order valence-electron chi connectivity index (χ2n) is 3.15. The highest BCUT2D eigenvalue weighted by molar-refractivity contribution is 5.27. The Kier molecular flexibility index (Phi) is 5.32. The van der Waals surface area contributed by atoms with Gasteiger partial charge in [0.25, 0.3) is 0 Å². The zero-order valence-corrected chi connectivity index (χ0v) is 9.40. The van der Waals surface area contributed by atoms with Gasteiger partial charge in [-0.1, -0.05) is 24.3 Å². The number of benzene rings is 1. The Hall–Kier alpha value is -0.900. The maximum absolute atomic E-state index is 5.67. The van der Waals surface area contributed by atoms with Gasteiger partial charge in [0.05, 0.1) is 0 Å². The molecule has 1 aromatic rings. The van der Waals surface area contributed by atoms with Crippen molar-refractivity contribution in [3.05, 3.63) is 35.4 Å². The predicted molar refractivity (Wildman–Crippen MR) is 60.3 cm³/mol. The summed E-state index contributed by atoms with van der Waals surface area (Å²) in [6.45, 7) is 5.67. The van der Waals surface area contributed by atoms with E-state index in [0.29, 0.717) is 19.8 Å². The number of nitrogens with two attached hydrogens (primary N) is 1. The fourth-order valence-corrected chi connectivity index (χ4v) is 1.48. The molecule has 0 bridgehead atoms. The van der Waals surface area contributed by atoms with E-state index >= 15 is 0 Å². The van der Waals surface area contributed by atoms with Crippen LogP contribution in [0, 0.1) is 0 Å². The molecule has 0 aliphatic rings. The number of hydrogen-bond acceptors (Lipinski definition) is 3. The summed E-state index contributed by atoms with van der Waals surface area (Å²) in [4.78, 5) is 0. The van der Waals surface area contributed by atoms with E-state index in [-0.39, 0.29) is 6.29 Å². The van der Waals surface area contributed by atoms with Gasteiger partial charge in [0.2, 0.25) is 0 Å². The molecule has 0 saturated heterocycles. The molecular weight excluding hydrogens is 190 g/mol. The molecule has 0 aliphatic heterocycles. The third-order valence-corrected chi connectivity index (χ3v) is 2.17. The van der Waals surface area contributed by atoms with Crippen molar-refractivity contribution >= 4 is 0 Å². The molecule has 3 heteroatoms. The molecule has 1 aromatic carbocycles. The summed E-state index contributed by atoms with van der Waals surface area (Å²) in [6.07, 6.45) is -0.292. The summed E-state index contributed by atoms with van der Waals surface area (Å²) in [5, 5.41) is 0. The van der Waals surface area contributed by atoms with E-state index < -0.39 is 0 Å². The third-order valence-electron chi connectivity index (χ3n) is 2.17. The lowest BCUT2D eigenvalue weighted by atomic mass is 10.1. The summed E-state index contributed by atoms with van der Waals surface area (Å²) in [6, 6.07) is 7.94. The van der Waals surface area contributed by atoms with Gasteiger partial charge in [-0.05, 0) is 19.4 Å². The highest BCUT2D eigenvalue weighted by Crippen LogP contribution is 2.22. The van der Waals surface area contributed by atoms with Gasteiger partial charge in [-0.3, -0.25) is 0 Å². The molecule has 3 nitrogen and oxygen atoms in total. The van der Waals surface area contributed by atoms with Crippen LogP contribution in [0.2, 0.25) is 0 Å². The lowest BCUT2D eigenvalue weighted by Gasteiger charge is -2.19. The van der Waals surface area contributed by atoms with E-state index in [4.69, 9.17) is 15.2 Å². The summed E-state index contributed by atoms with van der Waals surface area (Å²) in [7, 11) is 0. The minimum absolute atomic E-state index is 0.292. The van der Waals surface area contributed by atoms with Crippen LogP contribution in [-0.2, 0) is 16.0 Å². The molecule has 0 saturated carbocycles. The van der Waals surface area contributed by atoms with E-state index in [1.54, 1.807) is 0 Å². The summed E-state index contributed by atoms with van der Waals surface area (Å²) in [5.41, 5.74) is 7.77. The van der Waals surface area contributed by atoms with Crippen molar-refractivity contribution in [1.29, 1.82) is 0 Å². The van der Waals surface area contributed by atoms with Crippen LogP contribution in [0.25, 0.3) is 0 Å². The molecule has 0 amide bonds. The van der Waals surface area contributed by atoms with Crippen LogP contribution < -0.4 is 5.73 Å². The van der Waals surface area contributed by atoms with Crippen LogP contribution in [0.5, 0.6) is 0 Å². The first-order chi connectivity index (χ1) is 7.33. The number of rotatable bonds is 6. The molecule has 0 spiro atoms. The van der Waals surface area contributed by atoms with Crippen molar-refractivity contribution in [2.45, 2.75) is 26.7 Å². The van der Waals surface area contributed by atoms with Crippen LogP contribution in [0.4, 0.5) is 0 Å². The van der Waals surface area contributed by atoms with Crippen LogP contribution >= 0.6 is 0 Å². The molecule has 0 aromatic heterocycles. The highest BCUT2D eigenvalue weighted by Gasteiger charge is 2.13. The lowest BCUT2D eigenvalue weighted by Crippen LogP contribution is -2.12. The normalized spacial score (nSPS) is 10.9. The van der Waals surface area contributed by atoms with Crippen molar-refractivity contribution in [1.82, 2.24) is 0 Å². The van der Waals surface area contributed by atoms with Gasteiger partial charge in [0.1, 0.15) is 0 Å². The van der Waals surface area contributed by atoms with E-state index in [1.165, 1.54) is 0 Å². The highest BCUT2D eigenvalue weighted by atomic mass is 16.7. The molecule has 0 aliphatic carbocycles. The quantitative estimate of drug-likeness (QED) is 0.731. The third kappa shape index (κ3) is 3.30. The van der Waals surface area contributed by atoms with Crippen molar-refractivity contribution < 1.29 is 9.47 Å². The Morgan fingerprint density at radius 1 is 1.13 bits per heavy atom. The first-order valence-corrected chi connectivity index (χ1v) is 5.34. The van der Waals surface area contributed by atoms with E-state index in [2.05, 4.69) is 0 Å². The van der Waals surface area contributed by atoms with Crippen LogP contribution in [0.15, 0.2) is 24.3 Å². The topological polar surface area (TPSA) is 44.5 Å². The molecule has 15 heavy (non-hydrogen) atoms. The minimum atomic E-state index is -0.292. The zero-order valence-electron chi connectivity index (χ0n) is 9.40. The maximum Gasteiger partial charge on any atom is 0.184 e. The van der Waals surface area contributed by atoms with E-state index in [9.17, 15) is 0 Å². The summed E-state index contributed by atoms with van der Waals surface area (Å²) < 4.78 is 11.1. The van der Waals surface area contributed by atoms with Crippen molar-refractivity contribution in [2.75, 3.05) is 13.2 Å². The van der Waals surface area contributed by atoms with Crippen molar-refractivity contribution in [2.24, 2.45) is 5.73 Å². The Morgan fingerprint density at radius 2 is 1.73 bits per heavy atom. The van der Waals surface area contributed by atoms with Gasteiger partial charge in [-0.2, -0.15) is 0 Å². The summed E-state index contributed by atoms with van der Waals surface area (Å²) >= 11 is 0. The molecule has 2 N–H and O–H groups in total. The maximum atomic E-state index is 5.67. The first kappa shape index (κ1) is 12.2. The van der Waals surface area contributed by atoms with Gasteiger partial charge < -0.3 is 15.2 Å². The molecule has 0 fully saturated rings. The average molecular weight is 209 g/mol. The van der Waals surface area contributed by atoms with Crippen molar-refractivity contribution in [3.63, 3.8) is 0 Å². The van der Waals surface area contributed by atoms with E-state index in [0.717, 1.165) is 11.1 Å². The number of hydrogen-bond donors (Lipinski definition) is 1. The monoisotopic (exact) mass is 209 g/mol. The average Bonchev–Trinajstić information content (AvgIpc) is 2.29. The largest absolute Gasteiger partial charge is 0.349 e. The van der Waals surface area contributed by atoms with Crippen LogP contribution in [0.1, 0.15) is 31.3 Å². The Morgan fingerprint density at radius 3 is 2.27 bits per heavy atom. The van der Waals surface area contributed by atoms with Gasteiger partial charge in [0.15, 0.2) is 6.29 Å². The fraction of sp³-hybridized carbons (Fsp3) is 0.500. The lowest BCUT2D eigenvalue weighted by molar-refractivity contribution is -0.140. The molecule has 84 valence electrons. The minimum Gasteiger partial charge on any atom is -0.349 e. The first-order valence-electron chi connectivity index (χ1n) is 5.34. The second kappa shape index (κ2) is 6.56. The molecule has 0 heterocycles. The van der Waals surface area contributed by atoms with Crippen molar-refractivity contribution in [3.8, 4) is 0 Å². The molecular formula is C12H19NO2. The Bertz CT molecular complexity index is 283. The SMILES string of the molecule is CCOC(OCC)c1ccccc1CN. The van der Waals surface area contributed by atoms with Gasteiger partial charge >= 0.3 is 0 Å². The molecule has 0 radical (unpaired) electrons. The molecule has 0 unspecified atom stereocenters. The summed E-state index contributed by atoms with van der Waals surface area (Å²) in [5.74, 6) is 0. The Balaban J connectivity index is 2.88. The van der Waals surface area contributed by atoms with Crippen LogP contribution in [0.3, 0.4) is 0 Å². The van der Waals surface area contributed by atoms with Gasteiger partial charge in [-0.25, -0.2) is 0 Å². The van der Waals surface area contributed by atoms with Gasteiger partial charge in [0, 0.05) is 25.3 Å². The zero-order chi connectivity index (χ0) is 11.1. The van der Waals surface area contributed by atoms with E-state index in [1.807, 2.05) is 38.1 Å². The fourth-order valence-electron chi connectivity index (χ4n) is 1.48. The Labute approximate surface area is 91.2 Å². The van der Waals surface area contributed by atoms with Crippen LogP contribution in [-0.4, -0.2) is 13.2 Å². The molecule has 1 rings (SSSR count). The molecule has 0 atom stereocenters. The smallest absolute Gasteiger partial charge is 0.184 e.